The molecule has 1 heterocycles. The number of nitrogens with one attached hydrogen (secondary N) is 2. The van der Waals surface area contributed by atoms with Crippen molar-refractivity contribution in [3.8, 4) is 6.07 Å². The smallest absolute Gasteiger partial charge is 0.266 e. The van der Waals surface area contributed by atoms with E-state index in [0.29, 0.717) is 11.3 Å². The number of nitriles is 1. The van der Waals surface area contributed by atoms with Gasteiger partial charge in [0.15, 0.2) is 0 Å². The van der Waals surface area contributed by atoms with Gasteiger partial charge >= 0.3 is 0 Å². The van der Waals surface area contributed by atoms with E-state index in [9.17, 15) is 14.9 Å². The van der Waals surface area contributed by atoms with Crippen LogP contribution in [0.1, 0.15) is 53.5 Å². The lowest BCUT2D eigenvalue weighted by atomic mass is 10.1. The minimum Gasteiger partial charge on any atom is -0.349 e. The number of aryl methyl sites for hydroxylation is 1. The minimum absolute atomic E-state index is 0.000785. The van der Waals surface area contributed by atoms with Crippen molar-refractivity contribution in [3.05, 3.63) is 58.4 Å². The number of para-hydroxylation sites is 1. The minimum atomic E-state index is -0.528. The molecule has 2 amide bonds. The second-order valence-electron chi connectivity index (χ2n) is 7.40. The predicted octanol–water partition coefficient (Wildman–Crippen LogP) is 3.95. The van der Waals surface area contributed by atoms with Crippen LogP contribution >= 0.6 is 0 Å². The topological polar surface area (TPSA) is 86.9 Å². The fraction of sp³-hybridized carbons (Fsp3) is 0.348. The third kappa shape index (κ3) is 4.75. The molecule has 1 aliphatic carbocycles. The van der Waals surface area contributed by atoms with Crippen molar-refractivity contribution in [2.24, 2.45) is 0 Å². The normalized spacial score (nSPS) is 13.7. The van der Waals surface area contributed by atoms with Crippen LogP contribution in [-0.2, 0) is 11.3 Å². The van der Waals surface area contributed by atoms with E-state index in [1.165, 1.54) is 0 Å². The van der Waals surface area contributed by atoms with Crippen LogP contribution in [0, 0.1) is 25.2 Å². The van der Waals surface area contributed by atoms with Gasteiger partial charge in [0.05, 0.1) is 11.3 Å². The summed E-state index contributed by atoms with van der Waals surface area (Å²) in [4.78, 5) is 25.2. The molecule has 150 valence electrons. The average molecular weight is 390 g/mol. The second kappa shape index (κ2) is 8.78. The lowest BCUT2D eigenvalue weighted by Gasteiger charge is -2.11. The van der Waals surface area contributed by atoms with Gasteiger partial charge in [-0.1, -0.05) is 19.1 Å². The molecular weight excluding hydrogens is 364 g/mol. The van der Waals surface area contributed by atoms with Crippen LogP contribution in [0.4, 0.5) is 5.69 Å². The summed E-state index contributed by atoms with van der Waals surface area (Å²) in [5.74, 6) is -0.742. The summed E-state index contributed by atoms with van der Waals surface area (Å²) in [6.45, 7) is 7.00. The van der Waals surface area contributed by atoms with Crippen molar-refractivity contribution in [2.75, 3.05) is 5.32 Å². The van der Waals surface area contributed by atoms with Gasteiger partial charge in [0.25, 0.3) is 11.8 Å². The molecular formula is C23H26N4O2. The van der Waals surface area contributed by atoms with Gasteiger partial charge in [0.1, 0.15) is 11.6 Å². The van der Waals surface area contributed by atoms with Crippen molar-refractivity contribution >= 4 is 23.6 Å². The highest BCUT2D eigenvalue weighted by Crippen LogP contribution is 2.23. The Hall–Kier alpha value is -3.33. The second-order valence-corrected chi connectivity index (χ2v) is 7.40. The number of benzene rings is 1. The van der Waals surface area contributed by atoms with Crippen molar-refractivity contribution in [3.63, 3.8) is 0 Å². The van der Waals surface area contributed by atoms with Crippen LogP contribution in [0.2, 0.25) is 0 Å². The zero-order valence-corrected chi connectivity index (χ0v) is 17.1. The largest absolute Gasteiger partial charge is 0.349 e. The summed E-state index contributed by atoms with van der Waals surface area (Å²) >= 11 is 0. The molecule has 0 unspecified atom stereocenters. The van der Waals surface area contributed by atoms with E-state index in [1.807, 2.05) is 26.0 Å². The molecule has 2 aromatic rings. The number of carbonyl (C=O) groups is 2. The van der Waals surface area contributed by atoms with Gasteiger partial charge in [0.2, 0.25) is 0 Å². The van der Waals surface area contributed by atoms with Crippen LogP contribution in [0.15, 0.2) is 35.9 Å². The maximum Gasteiger partial charge on any atom is 0.266 e. The molecule has 1 fully saturated rings. The van der Waals surface area contributed by atoms with Crippen molar-refractivity contribution in [2.45, 2.75) is 52.6 Å². The van der Waals surface area contributed by atoms with E-state index in [0.717, 1.165) is 42.8 Å². The zero-order chi connectivity index (χ0) is 21.0. The number of carbonyl (C=O) groups excluding carboxylic acids is 2. The highest BCUT2D eigenvalue weighted by atomic mass is 16.2. The van der Waals surface area contributed by atoms with Crippen LogP contribution in [0.3, 0.4) is 0 Å². The van der Waals surface area contributed by atoms with Gasteiger partial charge in [-0.15, -0.1) is 0 Å². The van der Waals surface area contributed by atoms with Gasteiger partial charge in [-0.25, -0.2) is 0 Å². The first-order chi connectivity index (χ1) is 13.9. The summed E-state index contributed by atoms with van der Waals surface area (Å²) in [6, 6.07) is 11.0. The molecule has 6 nitrogen and oxygen atoms in total. The molecule has 0 atom stereocenters. The molecule has 1 saturated carbocycles. The molecule has 29 heavy (non-hydrogen) atoms. The van der Waals surface area contributed by atoms with Gasteiger partial charge in [-0.2, -0.15) is 5.26 Å². The summed E-state index contributed by atoms with van der Waals surface area (Å²) in [5.41, 5.74) is 3.76. The third-order valence-electron chi connectivity index (χ3n) is 5.06. The maximum atomic E-state index is 12.7. The quantitative estimate of drug-likeness (QED) is 0.554. The maximum absolute atomic E-state index is 12.7. The van der Waals surface area contributed by atoms with Crippen LogP contribution < -0.4 is 10.6 Å². The van der Waals surface area contributed by atoms with Crippen LogP contribution in [0.5, 0.6) is 0 Å². The van der Waals surface area contributed by atoms with Crippen molar-refractivity contribution in [1.82, 2.24) is 9.88 Å². The number of hydrogen-bond donors (Lipinski definition) is 2. The molecule has 0 aliphatic heterocycles. The van der Waals surface area contributed by atoms with E-state index in [2.05, 4.69) is 22.1 Å². The molecule has 3 rings (SSSR count). The summed E-state index contributed by atoms with van der Waals surface area (Å²) in [6.07, 6.45) is 4.58. The van der Waals surface area contributed by atoms with E-state index in [4.69, 9.17) is 0 Å². The van der Waals surface area contributed by atoms with Gasteiger partial charge in [-0.05, 0) is 62.9 Å². The molecule has 1 aliphatic rings. The van der Waals surface area contributed by atoms with Crippen LogP contribution in [-0.4, -0.2) is 22.4 Å². The first-order valence-electron chi connectivity index (χ1n) is 9.94. The fourth-order valence-electron chi connectivity index (χ4n) is 3.32. The van der Waals surface area contributed by atoms with E-state index >= 15 is 0 Å². The van der Waals surface area contributed by atoms with E-state index in [-0.39, 0.29) is 17.5 Å². The predicted molar refractivity (Wildman–Crippen MR) is 113 cm³/mol. The lowest BCUT2D eigenvalue weighted by molar-refractivity contribution is -0.112. The van der Waals surface area contributed by atoms with E-state index < -0.39 is 5.91 Å². The highest BCUT2D eigenvalue weighted by Gasteiger charge is 2.25. The molecule has 6 heteroatoms. The van der Waals surface area contributed by atoms with Gasteiger partial charge in [-0.3, -0.25) is 9.59 Å². The Labute approximate surface area is 171 Å². The number of rotatable bonds is 7. The first kappa shape index (κ1) is 20.4. The standard InChI is InChI=1S/C23H26N4O2/c1-4-11-27-15(2)12-17(16(27)3)13-18(14-24)22(28)26-21-8-6-5-7-20(21)23(29)25-19-9-10-19/h5-8,12-13,19H,4,9-11H2,1-3H3,(H,25,29)(H,26,28)/b18-13+. The number of anilines is 1. The zero-order valence-electron chi connectivity index (χ0n) is 17.1. The summed E-state index contributed by atoms with van der Waals surface area (Å²) < 4.78 is 2.18. The molecule has 2 N–H and O–H groups in total. The molecule has 0 bridgehead atoms. The molecule has 1 aromatic heterocycles. The van der Waals surface area contributed by atoms with E-state index in [1.54, 1.807) is 30.3 Å². The Bertz CT molecular complexity index is 1010. The Balaban J connectivity index is 1.83. The van der Waals surface area contributed by atoms with Gasteiger partial charge < -0.3 is 15.2 Å². The number of hydrogen-bond acceptors (Lipinski definition) is 3. The van der Waals surface area contributed by atoms with Crippen LogP contribution in [0.25, 0.3) is 6.08 Å². The summed E-state index contributed by atoms with van der Waals surface area (Å²) in [7, 11) is 0. The summed E-state index contributed by atoms with van der Waals surface area (Å²) in [5, 5.41) is 15.2. The highest BCUT2D eigenvalue weighted by molar-refractivity contribution is 6.12. The number of amides is 2. The Morgan fingerprint density at radius 1 is 1.28 bits per heavy atom. The average Bonchev–Trinajstić information content (AvgIpc) is 3.48. The molecule has 1 aromatic carbocycles. The fourth-order valence-corrected chi connectivity index (χ4v) is 3.32. The third-order valence-corrected chi connectivity index (χ3v) is 5.06. The monoisotopic (exact) mass is 390 g/mol. The SMILES string of the molecule is CCCn1c(C)cc(/C=C(\C#N)C(=O)Nc2ccccc2C(=O)NC2CC2)c1C. The number of aromatic nitrogens is 1. The lowest BCUT2D eigenvalue weighted by Crippen LogP contribution is -2.27. The first-order valence-corrected chi connectivity index (χ1v) is 9.94. The Kier molecular flexibility index (Phi) is 6.18. The van der Waals surface area contributed by atoms with Crippen molar-refractivity contribution < 1.29 is 9.59 Å². The molecule has 0 radical (unpaired) electrons. The Morgan fingerprint density at radius 2 is 2.00 bits per heavy atom. The molecule has 0 saturated heterocycles. The molecule has 0 spiro atoms. The van der Waals surface area contributed by atoms with Gasteiger partial charge in [0, 0.05) is 24.0 Å². The number of nitrogens with zero attached hydrogens (tertiary/aromatic N) is 2. The van der Waals surface area contributed by atoms with Crippen molar-refractivity contribution in [1.29, 1.82) is 5.26 Å². The Morgan fingerprint density at radius 3 is 2.66 bits per heavy atom.